The Morgan fingerprint density at radius 2 is 1.51 bits per heavy atom. The number of hydrogen-bond acceptors (Lipinski definition) is 5. The van der Waals surface area contributed by atoms with Gasteiger partial charge in [0.05, 0.1) is 15.8 Å². The Hall–Kier alpha value is -4.38. The second kappa shape index (κ2) is 14.7. The largest absolute Gasteiger partial charge is 0.478 e. The molecule has 0 aliphatic rings. The molecular formula is C32H25BrClN3O5S. The van der Waals surface area contributed by atoms with Gasteiger partial charge in [0.2, 0.25) is 5.91 Å². The molecule has 0 aliphatic carbocycles. The van der Waals surface area contributed by atoms with Crippen LogP contribution in [0.2, 0.25) is 5.02 Å². The summed E-state index contributed by atoms with van der Waals surface area (Å²) in [6.45, 7) is 1.72. The Balaban J connectivity index is 1.42. The number of thioether (sulfide) groups is 1. The van der Waals surface area contributed by atoms with Crippen molar-refractivity contribution in [2.45, 2.75) is 17.1 Å². The van der Waals surface area contributed by atoms with Crippen LogP contribution in [-0.4, -0.2) is 34.0 Å². The van der Waals surface area contributed by atoms with E-state index in [9.17, 15) is 24.3 Å². The van der Waals surface area contributed by atoms with Gasteiger partial charge >= 0.3 is 5.97 Å². The third kappa shape index (κ3) is 9.05. The molecule has 0 aliphatic heterocycles. The van der Waals surface area contributed by atoms with Crippen molar-refractivity contribution in [3.63, 3.8) is 0 Å². The molecule has 218 valence electrons. The zero-order valence-electron chi connectivity index (χ0n) is 22.6. The van der Waals surface area contributed by atoms with E-state index in [4.69, 9.17) is 11.6 Å². The molecule has 8 nitrogen and oxygen atoms in total. The van der Waals surface area contributed by atoms with Crippen LogP contribution in [0.4, 0.5) is 11.4 Å². The normalized spacial score (nSPS) is 11.7. The van der Waals surface area contributed by atoms with Gasteiger partial charge in [0.15, 0.2) is 0 Å². The van der Waals surface area contributed by atoms with E-state index in [0.717, 1.165) is 14.9 Å². The fourth-order valence-electron chi connectivity index (χ4n) is 3.75. The van der Waals surface area contributed by atoms with E-state index in [1.165, 1.54) is 30.0 Å². The molecule has 4 aromatic rings. The van der Waals surface area contributed by atoms with E-state index in [1.807, 2.05) is 24.3 Å². The molecule has 0 saturated heterocycles. The summed E-state index contributed by atoms with van der Waals surface area (Å²) >= 11 is 10.6. The lowest BCUT2D eigenvalue weighted by atomic mass is 10.1. The molecule has 11 heteroatoms. The molecule has 1 atom stereocenters. The summed E-state index contributed by atoms with van der Waals surface area (Å²) in [6.07, 6.45) is 1.59. The highest BCUT2D eigenvalue weighted by Crippen LogP contribution is 2.27. The second-order valence-corrected chi connectivity index (χ2v) is 11.9. The maximum Gasteiger partial charge on any atom is 0.337 e. The fraction of sp³-hybridized carbons (Fsp3) is 0.0625. The predicted octanol–water partition coefficient (Wildman–Crippen LogP) is 7.33. The van der Waals surface area contributed by atoms with E-state index in [-0.39, 0.29) is 22.2 Å². The van der Waals surface area contributed by atoms with Crippen LogP contribution in [0.5, 0.6) is 0 Å². The first-order valence-corrected chi connectivity index (χ1v) is 14.9. The first-order chi connectivity index (χ1) is 20.6. The molecular weight excluding hydrogens is 654 g/mol. The number of carbonyl (C=O) groups is 4. The van der Waals surface area contributed by atoms with Gasteiger partial charge in [-0.1, -0.05) is 57.9 Å². The van der Waals surface area contributed by atoms with Gasteiger partial charge in [-0.2, -0.15) is 0 Å². The lowest BCUT2D eigenvalue weighted by Crippen LogP contribution is -2.30. The van der Waals surface area contributed by atoms with Crippen LogP contribution in [0.25, 0.3) is 6.08 Å². The quantitative estimate of drug-likeness (QED) is 0.103. The van der Waals surface area contributed by atoms with Crippen molar-refractivity contribution in [1.29, 1.82) is 0 Å². The van der Waals surface area contributed by atoms with Gasteiger partial charge in [0.1, 0.15) is 5.70 Å². The topological polar surface area (TPSA) is 125 Å². The minimum absolute atomic E-state index is 0.0631. The highest BCUT2D eigenvalue weighted by Gasteiger charge is 2.18. The Kier molecular flexibility index (Phi) is 10.8. The number of anilines is 2. The number of aromatic carboxylic acids is 1. The molecule has 4 N–H and O–H groups in total. The third-order valence-corrected chi connectivity index (χ3v) is 7.94. The fourth-order valence-corrected chi connectivity index (χ4v) is 5.08. The minimum atomic E-state index is -1.19. The third-order valence-electron chi connectivity index (χ3n) is 5.97. The SMILES string of the molecule is CC(Sc1ccc(NC(=O)/C(=C/c2ccc(Br)cc2)NC(=O)c2ccccc2)cc1)C(=O)Nc1ccc(Cl)c(C(=O)O)c1. The Bertz CT molecular complexity index is 1680. The molecule has 0 fully saturated rings. The number of rotatable bonds is 10. The summed E-state index contributed by atoms with van der Waals surface area (Å²) in [4.78, 5) is 50.9. The molecule has 0 radical (unpaired) electrons. The van der Waals surface area contributed by atoms with E-state index in [0.29, 0.717) is 16.9 Å². The Labute approximate surface area is 265 Å². The van der Waals surface area contributed by atoms with Crippen LogP contribution >= 0.6 is 39.3 Å². The lowest BCUT2D eigenvalue weighted by molar-refractivity contribution is -0.115. The highest BCUT2D eigenvalue weighted by atomic mass is 79.9. The number of carboxylic acids is 1. The van der Waals surface area contributed by atoms with Crippen LogP contribution in [-0.2, 0) is 9.59 Å². The highest BCUT2D eigenvalue weighted by molar-refractivity contribution is 9.10. The summed E-state index contributed by atoms with van der Waals surface area (Å²) in [6, 6.07) is 27.0. The predicted molar refractivity (Wildman–Crippen MR) is 173 cm³/mol. The number of carbonyl (C=O) groups excluding carboxylic acids is 3. The zero-order valence-corrected chi connectivity index (χ0v) is 25.8. The molecule has 0 saturated carbocycles. The van der Waals surface area contributed by atoms with Crippen LogP contribution in [0.15, 0.2) is 112 Å². The zero-order chi connectivity index (χ0) is 30.9. The maximum atomic E-state index is 13.3. The molecule has 0 bridgehead atoms. The van der Waals surface area contributed by atoms with E-state index in [1.54, 1.807) is 67.6 Å². The average molecular weight is 679 g/mol. The summed E-state index contributed by atoms with van der Waals surface area (Å²) in [5.41, 5.74) is 1.90. The number of halogens is 2. The maximum absolute atomic E-state index is 13.3. The summed E-state index contributed by atoms with van der Waals surface area (Å²) in [5.74, 6) is -2.44. The Morgan fingerprint density at radius 1 is 0.860 bits per heavy atom. The first-order valence-electron chi connectivity index (χ1n) is 12.8. The van der Waals surface area contributed by atoms with Crippen LogP contribution in [0.3, 0.4) is 0 Å². The molecule has 43 heavy (non-hydrogen) atoms. The van der Waals surface area contributed by atoms with Gasteiger partial charge < -0.3 is 21.1 Å². The summed E-state index contributed by atoms with van der Waals surface area (Å²) in [7, 11) is 0. The van der Waals surface area contributed by atoms with Crippen molar-refractivity contribution >= 4 is 80.4 Å². The number of nitrogens with one attached hydrogen (secondary N) is 3. The van der Waals surface area contributed by atoms with Crippen molar-refractivity contribution in [2.24, 2.45) is 0 Å². The van der Waals surface area contributed by atoms with Crippen molar-refractivity contribution < 1.29 is 24.3 Å². The van der Waals surface area contributed by atoms with E-state index < -0.39 is 23.0 Å². The Morgan fingerprint density at radius 3 is 2.16 bits per heavy atom. The van der Waals surface area contributed by atoms with Crippen LogP contribution in [0, 0.1) is 0 Å². The number of hydrogen-bond donors (Lipinski definition) is 4. The van der Waals surface area contributed by atoms with Crippen molar-refractivity contribution in [3.8, 4) is 0 Å². The van der Waals surface area contributed by atoms with E-state index in [2.05, 4.69) is 31.9 Å². The van der Waals surface area contributed by atoms with Crippen LogP contribution in [0.1, 0.15) is 33.2 Å². The van der Waals surface area contributed by atoms with Crippen molar-refractivity contribution in [1.82, 2.24) is 5.32 Å². The first kappa shape index (κ1) is 31.6. The van der Waals surface area contributed by atoms with Crippen molar-refractivity contribution in [2.75, 3.05) is 10.6 Å². The number of amides is 3. The molecule has 3 amide bonds. The molecule has 0 aromatic heterocycles. The standard InChI is InChI=1S/C32H25BrClN3O5S/c1-19(29(38)36-24-13-16-27(34)26(18-24)32(41)42)43-25-14-11-23(12-15-25)35-31(40)28(17-20-7-9-22(33)10-8-20)37-30(39)21-5-3-2-4-6-21/h2-19H,1H3,(H,35,40)(H,36,38)(H,37,39)(H,41,42)/b28-17-. The number of carboxylic acid groups (broad SMARTS) is 1. The van der Waals surface area contributed by atoms with E-state index >= 15 is 0 Å². The smallest absolute Gasteiger partial charge is 0.337 e. The number of benzene rings is 4. The van der Waals surface area contributed by atoms with Gasteiger partial charge in [-0.15, -0.1) is 11.8 Å². The molecule has 4 rings (SSSR count). The molecule has 0 spiro atoms. The molecule has 4 aromatic carbocycles. The van der Waals surface area contributed by atoms with Crippen LogP contribution < -0.4 is 16.0 Å². The molecule has 1 unspecified atom stereocenters. The average Bonchev–Trinajstić information content (AvgIpc) is 3.00. The lowest BCUT2D eigenvalue weighted by Gasteiger charge is -2.14. The summed E-state index contributed by atoms with van der Waals surface area (Å²) < 4.78 is 0.881. The van der Waals surface area contributed by atoms with Gasteiger partial charge in [0, 0.05) is 26.3 Å². The summed E-state index contributed by atoms with van der Waals surface area (Å²) in [5, 5.41) is 17.0. The monoisotopic (exact) mass is 677 g/mol. The van der Waals surface area contributed by atoms with Gasteiger partial charge in [-0.05, 0) is 85.3 Å². The second-order valence-electron chi connectivity index (χ2n) is 9.16. The van der Waals surface area contributed by atoms with Crippen molar-refractivity contribution in [3.05, 3.63) is 129 Å². The van der Waals surface area contributed by atoms with Gasteiger partial charge in [-0.25, -0.2) is 4.79 Å². The van der Waals surface area contributed by atoms with Gasteiger partial charge in [0.25, 0.3) is 11.8 Å². The molecule has 0 heterocycles. The minimum Gasteiger partial charge on any atom is -0.478 e. The van der Waals surface area contributed by atoms with Gasteiger partial charge in [-0.3, -0.25) is 14.4 Å².